The topological polar surface area (TPSA) is 85.8 Å². The Bertz CT molecular complexity index is 1210. The number of anilines is 1. The SMILES string of the molecule is CCN(CC)CCNCc1ccc(C(=O)Nc2ccc(Br)cc2C(=O)N/N=C/c2ccc(C)cc2)cc1. The van der Waals surface area contributed by atoms with E-state index in [2.05, 4.69) is 55.8 Å². The van der Waals surface area contributed by atoms with Crippen LogP contribution in [-0.4, -0.2) is 49.1 Å². The largest absolute Gasteiger partial charge is 0.321 e. The number of likely N-dealkylation sites (N-methyl/N-ethyl adjacent to an activating group) is 1. The molecule has 194 valence electrons. The van der Waals surface area contributed by atoms with Crippen LogP contribution in [0.1, 0.15) is 51.3 Å². The van der Waals surface area contributed by atoms with Gasteiger partial charge in [0.15, 0.2) is 0 Å². The normalized spacial score (nSPS) is 11.2. The summed E-state index contributed by atoms with van der Waals surface area (Å²) in [6, 6.07) is 20.4. The van der Waals surface area contributed by atoms with Crippen molar-refractivity contribution in [1.82, 2.24) is 15.6 Å². The summed E-state index contributed by atoms with van der Waals surface area (Å²) in [5.41, 5.74) is 6.88. The maximum atomic E-state index is 12.9. The molecule has 0 spiro atoms. The van der Waals surface area contributed by atoms with E-state index in [1.165, 1.54) is 0 Å². The van der Waals surface area contributed by atoms with E-state index in [9.17, 15) is 9.59 Å². The van der Waals surface area contributed by atoms with Crippen molar-refractivity contribution in [3.05, 3.63) is 99.0 Å². The Morgan fingerprint density at radius 3 is 2.32 bits per heavy atom. The molecule has 3 N–H and O–H groups in total. The van der Waals surface area contributed by atoms with E-state index in [0.29, 0.717) is 16.8 Å². The lowest BCUT2D eigenvalue weighted by molar-refractivity contribution is 0.0956. The molecule has 2 amide bonds. The molecule has 8 heteroatoms. The zero-order valence-electron chi connectivity index (χ0n) is 21.6. The number of aryl methyl sites for hydroxylation is 1. The van der Waals surface area contributed by atoms with Crippen LogP contribution < -0.4 is 16.1 Å². The number of nitrogens with zero attached hydrogens (tertiary/aromatic N) is 2. The molecule has 3 rings (SSSR count). The second-order valence-electron chi connectivity index (χ2n) is 8.65. The van der Waals surface area contributed by atoms with Gasteiger partial charge in [0.05, 0.1) is 17.5 Å². The van der Waals surface area contributed by atoms with E-state index in [4.69, 9.17) is 0 Å². The molecular formula is C29H34BrN5O2. The minimum Gasteiger partial charge on any atom is -0.321 e. The molecule has 0 aromatic heterocycles. The van der Waals surface area contributed by atoms with Crippen molar-refractivity contribution in [2.24, 2.45) is 5.10 Å². The van der Waals surface area contributed by atoms with Crippen molar-refractivity contribution in [2.75, 3.05) is 31.5 Å². The highest BCUT2D eigenvalue weighted by molar-refractivity contribution is 9.10. The minimum atomic E-state index is -0.425. The molecule has 0 bridgehead atoms. The third-order valence-electron chi connectivity index (χ3n) is 5.98. The first kappa shape index (κ1) is 28.2. The standard InChI is InChI=1S/C29H34BrN5O2/c1-4-35(5-2)17-16-31-19-22-10-12-24(13-11-22)28(36)33-27-15-14-25(30)18-26(27)29(37)34-32-20-23-8-6-21(3)7-9-23/h6-15,18,20,31H,4-5,16-17,19H2,1-3H3,(H,33,36)(H,34,37)/b32-20+. The summed E-state index contributed by atoms with van der Waals surface area (Å²) in [5.74, 6) is -0.716. The molecule has 0 unspecified atom stereocenters. The van der Waals surface area contributed by atoms with Gasteiger partial charge in [0, 0.05) is 29.7 Å². The molecule has 0 radical (unpaired) electrons. The molecular weight excluding hydrogens is 530 g/mol. The van der Waals surface area contributed by atoms with Gasteiger partial charge >= 0.3 is 0 Å². The Kier molecular flexibility index (Phi) is 11.0. The van der Waals surface area contributed by atoms with Crippen molar-refractivity contribution in [3.63, 3.8) is 0 Å². The first-order valence-corrected chi connectivity index (χ1v) is 13.2. The zero-order valence-corrected chi connectivity index (χ0v) is 23.1. The average molecular weight is 565 g/mol. The Labute approximate surface area is 227 Å². The summed E-state index contributed by atoms with van der Waals surface area (Å²) in [7, 11) is 0. The van der Waals surface area contributed by atoms with Crippen LogP contribution in [0, 0.1) is 6.92 Å². The predicted molar refractivity (Wildman–Crippen MR) is 154 cm³/mol. The van der Waals surface area contributed by atoms with Crippen LogP contribution in [0.3, 0.4) is 0 Å². The average Bonchev–Trinajstić information content (AvgIpc) is 2.91. The number of carbonyl (C=O) groups is 2. The molecule has 3 aromatic carbocycles. The quantitative estimate of drug-likeness (QED) is 0.160. The monoisotopic (exact) mass is 563 g/mol. The molecule has 7 nitrogen and oxygen atoms in total. The molecule has 0 aliphatic rings. The van der Waals surface area contributed by atoms with E-state index < -0.39 is 5.91 Å². The molecule has 3 aromatic rings. The minimum absolute atomic E-state index is 0.291. The molecule has 0 saturated heterocycles. The van der Waals surface area contributed by atoms with Crippen LogP contribution in [0.4, 0.5) is 5.69 Å². The number of rotatable bonds is 12. The van der Waals surface area contributed by atoms with Crippen molar-refractivity contribution in [1.29, 1.82) is 0 Å². The number of benzene rings is 3. The van der Waals surface area contributed by atoms with Crippen LogP contribution in [-0.2, 0) is 6.54 Å². The number of hydrazone groups is 1. The van der Waals surface area contributed by atoms with Crippen LogP contribution in [0.2, 0.25) is 0 Å². The molecule has 0 saturated carbocycles. The smallest absolute Gasteiger partial charge is 0.273 e. The Balaban J connectivity index is 1.59. The van der Waals surface area contributed by atoms with Gasteiger partial charge in [0.2, 0.25) is 0 Å². The molecule has 0 aliphatic carbocycles. The van der Waals surface area contributed by atoms with Crippen LogP contribution in [0.25, 0.3) is 0 Å². The second-order valence-corrected chi connectivity index (χ2v) is 9.57. The second kappa shape index (κ2) is 14.4. The maximum Gasteiger partial charge on any atom is 0.273 e. The summed E-state index contributed by atoms with van der Waals surface area (Å²) in [6.07, 6.45) is 1.58. The van der Waals surface area contributed by atoms with Crippen LogP contribution in [0.5, 0.6) is 0 Å². The highest BCUT2D eigenvalue weighted by Crippen LogP contribution is 2.22. The lowest BCUT2D eigenvalue weighted by Gasteiger charge is -2.18. The first-order chi connectivity index (χ1) is 17.9. The van der Waals surface area contributed by atoms with Gasteiger partial charge in [-0.05, 0) is 61.5 Å². The van der Waals surface area contributed by atoms with E-state index >= 15 is 0 Å². The molecule has 0 aliphatic heterocycles. The summed E-state index contributed by atoms with van der Waals surface area (Å²) in [6.45, 7) is 11.1. The Morgan fingerprint density at radius 1 is 0.946 bits per heavy atom. The van der Waals surface area contributed by atoms with E-state index in [1.807, 2.05) is 43.3 Å². The third-order valence-corrected chi connectivity index (χ3v) is 6.47. The zero-order chi connectivity index (χ0) is 26.6. The molecule has 0 fully saturated rings. The number of carbonyl (C=O) groups excluding carboxylic acids is 2. The van der Waals surface area contributed by atoms with Crippen molar-refractivity contribution < 1.29 is 9.59 Å². The fourth-order valence-electron chi connectivity index (χ4n) is 3.67. The van der Waals surface area contributed by atoms with Crippen LogP contribution in [0.15, 0.2) is 76.3 Å². The van der Waals surface area contributed by atoms with Gasteiger partial charge in [-0.1, -0.05) is 71.7 Å². The van der Waals surface area contributed by atoms with Gasteiger partial charge in [-0.15, -0.1) is 0 Å². The van der Waals surface area contributed by atoms with Gasteiger partial charge in [-0.25, -0.2) is 5.43 Å². The first-order valence-electron chi connectivity index (χ1n) is 12.4. The van der Waals surface area contributed by atoms with Gasteiger partial charge in [0.1, 0.15) is 0 Å². The van der Waals surface area contributed by atoms with E-state index in [1.54, 1.807) is 36.5 Å². The number of amides is 2. The predicted octanol–water partition coefficient (Wildman–Crippen LogP) is 5.21. The van der Waals surface area contributed by atoms with Gasteiger partial charge in [-0.2, -0.15) is 5.10 Å². The van der Waals surface area contributed by atoms with Crippen molar-refractivity contribution in [2.45, 2.75) is 27.3 Å². The molecule has 0 atom stereocenters. The van der Waals surface area contributed by atoms with Gasteiger partial charge < -0.3 is 15.5 Å². The fraction of sp³-hybridized carbons (Fsp3) is 0.276. The molecule has 0 heterocycles. The van der Waals surface area contributed by atoms with Crippen molar-refractivity contribution >= 4 is 39.6 Å². The molecule has 37 heavy (non-hydrogen) atoms. The van der Waals surface area contributed by atoms with Crippen molar-refractivity contribution in [3.8, 4) is 0 Å². The maximum absolute atomic E-state index is 12.9. The third kappa shape index (κ3) is 8.93. The van der Waals surface area contributed by atoms with Gasteiger partial charge in [0.25, 0.3) is 11.8 Å². The van der Waals surface area contributed by atoms with Crippen LogP contribution >= 0.6 is 15.9 Å². The fourth-order valence-corrected chi connectivity index (χ4v) is 4.03. The summed E-state index contributed by atoms with van der Waals surface area (Å²) >= 11 is 3.40. The number of hydrogen-bond acceptors (Lipinski definition) is 5. The Hall–Kier alpha value is -3.33. The lowest BCUT2D eigenvalue weighted by Crippen LogP contribution is -2.31. The number of hydrogen-bond donors (Lipinski definition) is 3. The summed E-state index contributed by atoms with van der Waals surface area (Å²) in [4.78, 5) is 28.1. The van der Waals surface area contributed by atoms with Gasteiger partial charge in [-0.3, -0.25) is 9.59 Å². The van der Waals surface area contributed by atoms with E-state index in [-0.39, 0.29) is 5.91 Å². The Morgan fingerprint density at radius 2 is 1.65 bits per heavy atom. The number of nitrogens with one attached hydrogen (secondary N) is 3. The van der Waals surface area contributed by atoms with E-state index in [0.717, 1.165) is 53.9 Å². The highest BCUT2D eigenvalue weighted by atomic mass is 79.9. The summed E-state index contributed by atoms with van der Waals surface area (Å²) in [5, 5.41) is 10.3. The lowest BCUT2D eigenvalue weighted by atomic mass is 10.1. The number of halogens is 1. The highest BCUT2D eigenvalue weighted by Gasteiger charge is 2.15. The summed E-state index contributed by atoms with van der Waals surface area (Å²) < 4.78 is 0.719.